The number of nitrogens with zero attached hydrogens (tertiary/aromatic N) is 2. The molecule has 2 heterocycles. The lowest BCUT2D eigenvalue weighted by Crippen LogP contribution is -2.35. The van der Waals surface area contributed by atoms with Crippen LogP contribution in [0.5, 0.6) is 0 Å². The Hall–Kier alpha value is -1.95. The number of benzene rings is 1. The van der Waals surface area contributed by atoms with E-state index in [-0.39, 0.29) is 11.9 Å². The zero-order chi connectivity index (χ0) is 16.2. The van der Waals surface area contributed by atoms with Crippen LogP contribution in [0.4, 0.5) is 5.69 Å². The van der Waals surface area contributed by atoms with Crippen molar-refractivity contribution in [2.75, 3.05) is 36.9 Å². The average molecular weight is 332 g/mol. The lowest BCUT2D eigenvalue weighted by atomic mass is 10.2. The smallest absolute Gasteiger partial charge is 0.333 e. The van der Waals surface area contributed by atoms with Gasteiger partial charge in [0.15, 0.2) is 0 Å². The topological polar surface area (TPSA) is 49.9 Å². The molecular formula is C17H20N2O3S. The van der Waals surface area contributed by atoms with Crippen LogP contribution in [-0.2, 0) is 20.7 Å². The molecule has 0 unspecified atom stereocenters. The van der Waals surface area contributed by atoms with Crippen LogP contribution in [0.3, 0.4) is 0 Å². The van der Waals surface area contributed by atoms with E-state index in [2.05, 4.69) is 23.1 Å². The number of anilines is 1. The number of hydrogen-bond donors (Lipinski definition) is 0. The SMILES string of the molecule is CCOC(=O)/C=C1\SCC(=O)N1CCN1CCc2ccccc21. The third kappa shape index (κ3) is 3.52. The number of fused-ring (bicyclic) bond motifs is 1. The maximum atomic E-state index is 12.1. The van der Waals surface area contributed by atoms with Crippen molar-refractivity contribution in [1.82, 2.24) is 4.90 Å². The third-order valence-electron chi connectivity index (χ3n) is 4.02. The Morgan fingerprint density at radius 3 is 3.00 bits per heavy atom. The van der Waals surface area contributed by atoms with Gasteiger partial charge in [-0.05, 0) is 25.0 Å². The van der Waals surface area contributed by atoms with Gasteiger partial charge in [0.05, 0.1) is 23.5 Å². The fourth-order valence-electron chi connectivity index (χ4n) is 2.91. The molecule has 0 saturated carbocycles. The highest BCUT2D eigenvalue weighted by molar-refractivity contribution is 8.04. The van der Waals surface area contributed by atoms with Gasteiger partial charge in [-0.25, -0.2) is 4.79 Å². The van der Waals surface area contributed by atoms with E-state index >= 15 is 0 Å². The molecule has 0 radical (unpaired) electrons. The molecule has 1 aromatic rings. The zero-order valence-corrected chi connectivity index (χ0v) is 14.0. The molecule has 0 N–H and O–H groups in total. The lowest BCUT2D eigenvalue weighted by molar-refractivity contribution is -0.137. The summed E-state index contributed by atoms with van der Waals surface area (Å²) >= 11 is 1.40. The van der Waals surface area contributed by atoms with Crippen molar-refractivity contribution in [2.24, 2.45) is 0 Å². The predicted octanol–water partition coefficient (Wildman–Crippen LogP) is 2.03. The predicted molar refractivity (Wildman–Crippen MR) is 91.2 cm³/mol. The summed E-state index contributed by atoms with van der Waals surface area (Å²) in [4.78, 5) is 27.7. The first kappa shape index (κ1) is 15.9. The second-order valence-electron chi connectivity index (χ2n) is 5.43. The molecular weight excluding hydrogens is 312 g/mol. The standard InChI is InChI=1S/C17H20N2O3S/c1-2-22-17(21)11-16-19(15(20)12-23-16)10-9-18-8-7-13-5-3-4-6-14(13)18/h3-6,11H,2,7-10,12H2,1H3/b16-11-. The van der Waals surface area contributed by atoms with Crippen LogP contribution >= 0.6 is 11.8 Å². The number of amides is 1. The number of esters is 1. The van der Waals surface area contributed by atoms with Crippen molar-refractivity contribution in [3.8, 4) is 0 Å². The summed E-state index contributed by atoms with van der Waals surface area (Å²) < 4.78 is 4.93. The fraction of sp³-hybridized carbons (Fsp3) is 0.412. The first-order chi connectivity index (χ1) is 11.2. The van der Waals surface area contributed by atoms with Crippen LogP contribution in [0.25, 0.3) is 0 Å². The molecule has 2 aliphatic rings. The van der Waals surface area contributed by atoms with Gasteiger partial charge in [0, 0.05) is 25.3 Å². The molecule has 0 spiro atoms. The third-order valence-corrected chi connectivity index (χ3v) is 5.04. The molecule has 0 bridgehead atoms. The largest absolute Gasteiger partial charge is 0.463 e. The van der Waals surface area contributed by atoms with Gasteiger partial charge in [0.1, 0.15) is 0 Å². The number of rotatable bonds is 5. The average Bonchev–Trinajstić information content (AvgIpc) is 3.10. The molecule has 1 fully saturated rings. The number of carbonyl (C=O) groups is 2. The fourth-order valence-corrected chi connectivity index (χ4v) is 3.87. The number of ether oxygens (including phenoxy) is 1. The lowest BCUT2D eigenvalue weighted by Gasteiger charge is -2.24. The van der Waals surface area contributed by atoms with Gasteiger partial charge in [-0.2, -0.15) is 0 Å². The minimum absolute atomic E-state index is 0.0537. The van der Waals surface area contributed by atoms with E-state index in [0.717, 1.165) is 19.5 Å². The maximum Gasteiger partial charge on any atom is 0.333 e. The normalized spacial score (nSPS) is 18.7. The highest BCUT2D eigenvalue weighted by Crippen LogP contribution is 2.30. The van der Waals surface area contributed by atoms with Crippen molar-refractivity contribution in [2.45, 2.75) is 13.3 Å². The Bertz CT molecular complexity index is 644. The number of thioether (sulfide) groups is 1. The summed E-state index contributed by atoms with van der Waals surface area (Å²) in [5.74, 6) is 0.0567. The molecule has 23 heavy (non-hydrogen) atoms. The molecule has 0 aromatic heterocycles. The Labute approximate surface area is 140 Å². The summed E-state index contributed by atoms with van der Waals surface area (Å²) in [5.41, 5.74) is 2.61. The van der Waals surface area contributed by atoms with Gasteiger partial charge in [-0.15, -0.1) is 0 Å². The van der Waals surface area contributed by atoms with Gasteiger partial charge < -0.3 is 14.5 Å². The summed E-state index contributed by atoms with van der Waals surface area (Å²) in [7, 11) is 0. The van der Waals surface area contributed by atoms with Crippen LogP contribution in [0.2, 0.25) is 0 Å². The Morgan fingerprint density at radius 2 is 2.17 bits per heavy atom. The molecule has 2 aliphatic heterocycles. The van der Waals surface area contributed by atoms with Crippen molar-refractivity contribution in [3.63, 3.8) is 0 Å². The highest BCUT2D eigenvalue weighted by atomic mass is 32.2. The van der Waals surface area contributed by atoms with Gasteiger partial charge in [0.25, 0.3) is 0 Å². The highest BCUT2D eigenvalue weighted by Gasteiger charge is 2.28. The minimum Gasteiger partial charge on any atom is -0.463 e. The summed E-state index contributed by atoms with van der Waals surface area (Å²) in [6, 6.07) is 8.37. The van der Waals surface area contributed by atoms with Crippen LogP contribution < -0.4 is 4.90 Å². The van der Waals surface area contributed by atoms with Crippen LogP contribution in [0, 0.1) is 0 Å². The molecule has 0 atom stereocenters. The second kappa shape index (κ2) is 7.08. The van der Waals surface area contributed by atoms with Gasteiger partial charge >= 0.3 is 5.97 Å². The summed E-state index contributed by atoms with van der Waals surface area (Å²) in [6.07, 6.45) is 2.47. The van der Waals surface area contributed by atoms with Gasteiger partial charge in [0.2, 0.25) is 5.91 Å². The van der Waals surface area contributed by atoms with E-state index in [1.807, 2.05) is 6.07 Å². The molecule has 0 aliphatic carbocycles. The van der Waals surface area contributed by atoms with E-state index in [4.69, 9.17) is 4.74 Å². The van der Waals surface area contributed by atoms with Crippen molar-refractivity contribution in [3.05, 3.63) is 40.9 Å². The van der Waals surface area contributed by atoms with Gasteiger partial charge in [-0.3, -0.25) is 4.79 Å². The number of carbonyl (C=O) groups excluding carboxylic acids is 2. The minimum atomic E-state index is -0.388. The van der Waals surface area contributed by atoms with Crippen molar-refractivity contribution in [1.29, 1.82) is 0 Å². The molecule has 5 nitrogen and oxygen atoms in total. The van der Waals surface area contributed by atoms with Crippen LogP contribution in [0.15, 0.2) is 35.4 Å². The van der Waals surface area contributed by atoms with E-state index in [0.29, 0.717) is 23.9 Å². The summed E-state index contributed by atoms with van der Waals surface area (Å²) in [6.45, 7) is 4.44. The molecule has 3 rings (SSSR count). The van der Waals surface area contributed by atoms with E-state index in [9.17, 15) is 9.59 Å². The van der Waals surface area contributed by atoms with E-state index in [1.54, 1.807) is 11.8 Å². The Balaban J connectivity index is 1.65. The number of para-hydroxylation sites is 1. The monoisotopic (exact) mass is 332 g/mol. The molecule has 6 heteroatoms. The molecule has 1 saturated heterocycles. The first-order valence-corrected chi connectivity index (χ1v) is 8.82. The van der Waals surface area contributed by atoms with Crippen LogP contribution in [-0.4, -0.2) is 48.8 Å². The van der Waals surface area contributed by atoms with E-state index in [1.165, 1.54) is 29.1 Å². The Kier molecular flexibility index (Phi) is 4.91. The zero-order valence-electron chi connectivity index (χ0n) is 13.2. The Morgan fingerprint density at radius 1 is 1.35 bits per heavy atom. The first-order valence-electron chi connectivity index (χ1n) is 7.83. The van der Waals surface area contributed by atoms with Crippen molar-refractivity contribution < 1.29 is 14.3 Å². The van der Waals surface area contributed by atoms with Gasteiger partial charge in [-0.1, -0.05) is 30.0 Å². The molecule has 1 aromatic carbocycles. The maximum absolute atomic E-state index is 12.1. The molecule has 122 valence electrons. The molecule has 1 amide bonds. The van der Waals surface area contributed by atoms with Crippen LogP contribution in [0.1, 0.15) is 12.5 Å². The quantitative estimate of drug-likeness (QED) is 0.610. The summed E-state index contributed by atoms with van der Waals surface area (Å²) in [5, 5.41) is 0.695. The van der Waals surface area contributed by atoms with E-state index < -0.39 is 0 Å². The van der Waals surface area contributed by atoms with Crippen molar-refractivity contribution >= 4 is 29.3 Å². The number of hydrogen-bond acceptors (Lipinski definition) is 5. The second-order valence-corrected chi connectivity index (χ2v) is 6.43.